The number of hydrogen-bond donors (Lipinski definition) is 1. The quantitative estimate of drug-likeness (QED) is 0.613. The van der Waals surface area contributed by atoms with Crippen LogP contribution < -0.4 is 14.8 Å². The van der Waals surface area contributed by atoms with Gasteiger partial charge in [0, 0.05) is 11.6 Å². The van der Waals surface area contributed by atoms with E-state index in [9.17, 15) is 9.18 Å². The summed E-state index contributed by atoms with van der Waals surface area (Å²) in [6, 6.07) is 11.1. The number of methoxy groups -OCH3 is 2. The van der Waals surface area contributed by atoms with Crippen molar-refractivity contribution in [3.05, 3.63) is 54.2 Å². The van der Waals surface area contributed by atoms with Crippen LogP contribution in [0.1, 0.15) is 5.89 Å². The molecule has 0 saturated carbocycles. The van der Waals surface area contributed by atoms with E-state index in [4.69, 9.17) is 14.0 Å². The van der Waals surface area contributed by atoms with Gasteiger partial charge in [0.05, 0.1) is 31.4 Å². The van der Waals surface area contributed by atoms with Gasteiger partial charge in [-0.2, -0.15) is 4.98 Å². The predicted molar refractivity (Wildman–Crippen MR) is 104 cm³/mol. The molecule has 0 radical (unpaired) electrons. The Morgan fingerprint density at radius 2 is 2.07 bits per heavy atom. The molecular weight excluding hydrogens is 385 g/mol. The summed E-state index contributed by atoms with van der Waals surface area (Å²) >= 11 is 1.31. The van der Waals surface area contributed by atoms with Crippen molar-refractivity contribution in [3.8, 4) is 22.9 Å². The molecule has 0 unspecified atom stereocenters. The summed E-state index contributed by atoms with van der Waals surface area (Å²) in [5.74, 6) is 1.76. The first-order chi connectivity index (χ1) is 13.6. The van der Waals surface area contributed by atoms with Gasteiger partial charge >= 0.3 is 0 Å². The van der Waals surface area contributed by atoms with E-state index in [2.05, 4.69) is 15.5 Å². The summed E-state index contributed by atoms with van der Waals surface area (Å²) in [7, 11) is 3.07. The number of nitrogens with zero attached hydrogens (tertiary/aromatic N) is 2. The maximum absolute atomic E-state index is 13.3. The van der Waals surface area contributed by atoms with Gasteiger partial charge in [0.25, 0.3) is 0 Å². The molecule has 0 saturated heterocycles. The highest BCUT2D eigenvalue weighted by molar-refractivity contribution is 7.99. The van der Waals surface area contributed by atoms with Crippen molar-refractivity contribution in [2.45, 2.75) is 5.75 Å². The number of aromatic nitrogens is 2. The van der Waals surface area contributed by atoms with Gasteiger partial charge in [-0.1, -0.05) is 17.3 Å². The molecule has 9 heteroatoms. The first-order valence-corrected chi connectivity index (χ1v) is 9.42. The average Bonchev–Trinajstić information content (AvgIpc) is 3.17. The zero-order chi connectivity index (χ0) is 19.9. The molecule has 0 spiro atoms. The lowest BCUT2D eigenvalue weighted by molar-refractivity contribution is -0.113. The van der Waals surface area contributed by atoms with Gasteiger partial charge in [0.2, 0.25) is 17.6 Å². The Hall–Kier alpha value is -3.07. The van der Waals surface area contributed by atoms with Crippen LogP contribution in [0.5, 0.6) is 11.5 Å². The van der Waals surface area contributed by atoms with E-state index in [0.717, 1.165) is 0 Å². The minimum atomic E-state index is -0.372. The molecule has 7 nitrogen and oxygen atoms in total. The number of rotatable bonds is 8. The molecule has 1 N–H and O–H groups in total. The molecule has 2 aromatic carbocycles. The summed E-state index contributed by atoms with van der Waals surface area (Å²) in [4.78, 5) is 16.4. The van der Waals surface area contributed by atoms with Crippen molar-refractivity contribution in [1.82, 2.24) is 10.1 Å². The standard InChI is InChI=1S/C19H18FN3O4S/c1-25-14-6-7-16(26-2)15(9-14)21-17(24)10-28-11-18-22-19(23-27-18)12-4-3-5-13(20)8-12/h3-9H,10-11H2,1-2H3,(H,21,24). The summed E-state index contributed by atoms with van der Waals surface area (Å²) in [6.45, 7) is 0. The van der Waals surface area contributed by atoms with Gasteiger partial charge in [0.15, 0.2) is 0 Å². The van der Waals surface area contributed by atoms with Crippen molar-refractivity contribution in [1.29, 1.82) is 0 Å². The van der Waals surface area contributed by atoms with Crippen LogP contribution in [0.3, 0.4) is 0 Å². The number of nitrogens with one attached hydrogen (secondary N) is 1. The number of benzene rings is 2. The number of carbonyl (C=O) groups is 1. The summed E-state index contributed by atoms with van der Waals surface area (Å²) < 4.78 is 28.8. The minimum absolute atomic E-state index is 0.179. The van der Waals surface area contributed by atoms with E-state index >= 15 is 0 Å². The third-order valence-corrected chi connectivity index (χ3v) is 4.61. The largest absolute Gasteiger partial charge is 0.497 e. The maximum atomic E-state index is 13.3. The normalized spacial score (nSPS) is 10.5. The van der Waals surface area contributed by atoms with Crippen LogP contribution in [0.2, 0.25) is 0 Å². The van der Waals surface area contributed by atoms with Gasteiger partial charge in [0.1, 0.15) is 17.3 Å². The van der Waals surface area contributed by atoms with Gasteiger partial charge in [-0.05, 0) is 24.3 Å². The minimum Gasteiger partial charge on any atom is -0.497 e. The third-order valence-electron chi connectivity index (χ3n) is 3.69. The fourth-order valence-electron chi connectivity index (χ4n) is 2.39. The van der Waals surface area contributed by atoms with Gasteiger partial charge < -0.3 is 19.3 Å². The van der Waals surface area contributed by atoms with E-state index in [-0.39, 0.29) is 17.5 Å². The molecule has 1 heterocycles. The molecule has 28 heavy (non-hydrogen) atoms. The Morgan fingerprint density at radius 3 is 2.82 bits per heavy atom. The van der Waals surface area contributed by atoms with Crippen LogP contribution in [0.25, 0.3) is 11.4 Å². The van der Waals surface area contributed by atoms with Crippen molar-refractivity contribution < 1.29 is 23.2 Å². The van der Waals surface area contributed by atoms with Crippen LogP contribution in [0.4, 0.5) is 10.1 Å². The molecule has 1 aromatic heterocycles. The zero-order valence-corrected chi connectivity index (χ0v) is 16.1. The number of anilines is 1. The molecule has 0 atom stereocenters. The molecule has 0 fully saturated rings. The highest BCUT2D eigenvalue weighted by Crippen LogP contribution is 2.29. The molecule has 0 aliphatic rings. The topological polar surface area (TPSA) is 86.5 Å². The Kier molecular flexibility index (Phi) is 6.49. The first kappa shape index (κ1) is 19.7. The molecule has 0 bridgehead atoms. The second kappa shape index (κ2) is 9.23. The lowest BCUT2D eigenvalue weighted by atomic mass is 10.2. The van der Waals surface area contributed by atoms with Crippen molar-refractivity contribution >= 4 is 23.4 Å². The smallest absolute Gasteiger partial charge is 0.236 e. The maximum Gasteiger partial charge on any atom is 0.236 e. The Morgan fingerprint density at radius 1 is 1.21 bits per heavy atom. The van der Waals surface area contributed by atoms with Crippen molar-refractivity contribution in [3.63, 3.8) is 0 Å². The van der Waals surface area contributed by atoms with Crippen LogP contribution >= 0.6 is 11.8 Å². The number of amides is 1. The van der Waals surface area contributed by atoms with Gasteiger partial charge in [-0.15, -0.1) is 11.8 Å². The van der Waals surface area contributed by atoms with E-state index in [1.54, 1.807) is 37.4 Å². The van der Waals surface area contributed by atoms with Crippen LogP contribution in [0, 0.1) is 5.82 Å². The summed E-state index contributed by atoms with van der Waals surface area (Å²) in [5.41, 5.74) is 1.06. The fourth-order valence-corrected chi connectivity index (χ4v) is 3.04. The van der Waals surface area contributed by atoms with Crippen LogP contribution in [-0.2, 0) is 10.5 Å². The summed E-state index contributed by atoms with van der Waals surface area (Å²) in [6.07, 6.45) is 0. The Balaban J connectivity index is 1.54. The van der Waals surface area contributed by atoms with Gasteiger partial charge in [-0.3, -0.25) is 4.79 Å². The third kappa shape index (κ3) is 5.01. The van der Waals surface area contributed by atoms with Crippen LogP contribution in [-0.4, -0.2) is 36.0 Å². The number of halogens is 1. The average molecular weight is 403 g/mol. The van der Waals surface area contributed by atoms with E-state index in [1.807, 2.05) is 0 Å². The van der Waals surface area contributed by atoms with Crippen molar-refractivity contribution in [2.24, 2.45) is 0 Å². The highest BCUT2D eigenvalue weighted by atomic mass is 32.2. The number of carbonyl (C=O) groups excluding carboxylic acids is 1. The highest BCUT2D eigenvalue weighted by Gasteiger charge is 2.12. The summed E-state index contributed by atoms with van der Waals surface area (Å²) in [5, 5.41) is 6.62. The predicted octanol–water partition coefficient (Wildman–Crippen LogP) is 3.76. The molecule has 146 valence electrons. The lowest BCUT2D eigenvalue weighted by Gasteiger charge is -2.11. The van der Waals surface area contributed by atoms with Crippen molar-refractivity contribution in [2.75, 3.05) is 25.3 Å². The lowest BCUT2D eigenvalue weighted by Crippen LogP contribution is -2.15. The second-order valence-corrected chi connectivity index (χ2v) is 6.61. The van der Waals surface area contributed by atoms with E-state index in [1.165, 1.54) is 31.0 Å². The number of ether oxygens (including phenoxy) is 2. The van der Waals surface area contributed by atoms with E-state index < -0.39 is 0 Å². The molecule has 3 rings (SSSR count). The SMILES string of the molecule is COc1ccc(OC)c(NC(=O)CSCc2nc(-c3cccc(F)c3)no2)c1. The number of hydrogen-bond acceptors (Lipinski definition) is 7. The fraction of sp³-hybridized carbons (Fsp3) is 0.211. The first-order valence-electron chi connectivity index (χ1n) is 8.27. The monoisotopic (exact) mass is 403 g/mol. The molecule has 0 aliphatic carbocycles. The second-order valence-electron chi connectivity index (χ2n) is 5.63. The zero-order valence-electron chi connectivity index (χ0n) is 15.3. The van der Waals surface area contributed by atoms with E-state index in [0.29, 0.717) is 40.2 Å². The molecule has 1 amide bonds. The molecular formula is C19H18FN3O4S. The Labute approximate surface area is 165 Å². The molecule has 3 aromatic rings. The van der Waals surface area contributed by atoms with Crippen LogP contribution in [0.15, 0.2) is 47.0 Å². The Bertz CT molecular complexity index is 964. The van der Waals surface area contributed by atoms with Gasteiger partial charge in [-0.25, -0.2) is 4.39 Å². The molecule has 0 aliphatic heterocycles. The number of thioether (sulfide) groups is 1.